The first kappa shape index (κ1) is 31.2. The van der Waals surface area contributed by atoms with Gasteiger partial charge < -0.3 is 29.2 Å². The zero-order valence-corrected chi connectivity index (χ0v) is 25.3. The van der Waals surface area contributed by atoms with Crippen molar-refractivity contribution in [1.82, 2.24) is 0 Å². The van der Waals surface area contributed by atoms with Crippen LogP contribution in [0.15, 0.2) is 127 Å². The van der Waals surface area contributed by atoms with E-state index in [4.69, 9.17) is 18.9 Å². The first-order valence-electron chi connectivity index (χ1n) is 14.7. The molecule has 0 amide bonds. The number of ether oxygens (including phenoxy) is 4. The first-order valence-corrected chi connectivity index (χ1v) is 14.7. The largest absolute Gasteiger partial charge is 0.493 e. The van der Waals surface area contributed by atoms with Gasteiger partial charge in [-0.3, -0.25) is 0 Å². The highest BCUT2D eigenvalue weighted by molar-refractivity contribution is 5.68. The van der Waals surface area contributed by atoms with Crippen LogP contribution in [0.3, 0.4) is 0 Å². The molecule has 230 valence electrons. The lowest BCUT2D eigenvalue weighted by Gasteiger charge is -2.36. The fourth-order valence-corrected chi connectivity index (χ4v) is 5.45. The Hall–Kier alpha value is -5.27. The maximum atomic E-state index is 11.4. The van der Waals surface area contributed by atoms with Crippen molar-refractivity contribution in [1.29, 1.82) is 0 Å². The molecule has 7 heteroatoms. The summed E-state index contributed by atoms with van der Waals surface area (Å²) >= 11 is 0. The fourth-order valence-electron chi connectivity index (χ4n) is 5.45. The SMILES string of the molecule is COc1ccc(CCC(O)c2cc(OCC(=O)O)cc(OC(c3ccccc3)(c3ccccc3)c3ccccc3)c2)cc1OC. The Morgan fingerprint density at radius 3 is 1.73 bits per heavy atom. The third kappa shape index (κ3) is 7.28. The molecule has 0 radical (unpaired) electrons. The van der Waals surface area contributed by atoms with Crippen LogP contribution in [0.2, 0.25) is 0 Å². The minimum Gasteiger partial charge on any atom is -0.493 e. The number of carboxylic acids is 1. The van der Waals surface area contributed by atoms with Crippen molar-refractivity contribution in [2.75, 3.05) is 20.8 Å². The maximum absolute atomic E-state index is 11.4. The van der Waals surface area contributed by atoms with E-state index in [9.17, 15) is 15.0 Å². The molecule has 2 N–H and O–H groups in total. The molecule has 0 aliphatic heterocycles. The topological polar surface area (TPSA) is 94.5 Å². The summed E-state index contributed by atoms with van der Waals surface area (Å²) in [5.41, 5.74) is 3.13. The number of carbonyl (C=O) groups is 1. The Morgan fingerprint density at radius 1 is 0.689 bits per heavy atom. The van der Waals surface area contributed by atoms with Gasteiger partial charge in [-0.1, -0.05) is 97.1 Å². The summed E-state index contributed by atoms with van der Waals surface area (Å²) in [6.07, 6.45) is 0.0479. The molecule has 0 heterocycles. The van der Waals surface area contributed by atoms with E-state index in [1.807, 2.05) is 109 Å². The number of hydrogen-bond acceptors (Lipinski definition) is 6. The fraction of sp³-hybridized carbons (Fsp3) is 0.184. The van der Waals surface area contributed by atoms with E-state index in [2.05, 4.69) is 0 Å². The predicted octanol–water partition coefficient (Wildman–Crippen LogP) is 7.20. The van der Waals surface area contributed by atoms with Gasteiger partial charge in [0.25, 0.3) is 0 Å². The molecule has 45 heavy (non-hydrogen) atoms. The molecule has 0 fully saturated rings. The summed E-state index contributed by atoms with van der Waals surface area (Å²) < 4.78 is 23.5. The quantitative estimate of drug-likeness (QED) is 0.129. The number of hydrogen-bond donors (Lipinski definition) is 2. The normalized spacial score (nSPS) is 11.8. The van der Waals surface area contributed by atoms with Crippen molar-refractivity contribution < 1.29 is 34.0 Å². The summed E-state index contributed by atoms with van der Waals surface area (Å²) in [7, 11) is 3.17. The third-order valence-corrected chi connectivity index (χ3v) is 7.62. The van der Waals surface area contributed by atoms with Crippen molar-refractivity contribution in [3.8, 4) is 23.0 Å². The molecule has 7 nitrogen and oxygen atoms in total. The number of benzene rings is 5. The summed E-state index contributed by atoms with van der Waals surface area (Å²) in [4.78, 5) is 11.4. The second-order valence-corrected chi connectivity index (χ2v) is 10.5. The zero-order chi connectivity index (χ0) is 31.6. The van der Waals surface area contributed by atoms with Gasteiger partial charge in [0.2, 0.25) is 0 Å². The number of carboxylic acid groups (broad SMARTS) is 1. The number of aliphatic hydroxyl groups excluding tert-OH is 1. The molecule has 1 unspecified atom stereocenters. The van der Waals surface area contributed by atoms with Crippen LogP contribution in [0, 0.1) is 0 Å². The van der Waals surface area contributed by atoms with E-state index in [0.717, 1.165) is 22.3 Å². The Morgan fingerprint density at radius 2 is 1.22 bits per heavy atom. The highest BCUT2D eigenvalue weighted by Crippen LogP contribution is 2.42. The number of rotatable bonds is 14. The van der Waals surface area contributed by atoms with Gasteiger partial charge in [0.1, 0.15) is 11.5 Å². The second-order valence-electron chi connectivity index (χ2n) is 10.5. The van der Waals surface area contributed by atoms with Crippen molar-refractivity contribution in [2.45, 2.75) is 24.5 Å². The smallest absolute Gasteiger partial charge is 0.341 e. The van der Waals surface area contributed by atoms with E-state index in [-0.39, 0.29) is 5.75 Å². The van der Waals surface area contributed by atoms with Gasteiger partial charge in [-0.25, -0.2) is 4.79 Å². The van der Waals surface area contributed by atoms with E-state index >= 15 is 0 Å². The average molecular weight is 605 g/mol. The van der Waals surface area contributed by atoms with Gasteiger partial charge in [0, 0.05) is 22.8 Å². The molecular weight excluding hydrogens is 568 g/mol. The summed E-state index contributed by atoms with van der Waals surface area (Å²) in [6.45, 7) is -0.536. The van der Waals surface area contributed by atoms with Crippen LogP contribution in [0.4, 0.5) is 0 Å². The average Bonchev–Trinajstić information content (AvgIpc) is 3.09. The van der Waals surface area contributed by atoms with Crippen molar-refractivity contribution in [3.63, 3.8) is 0 Å². The monoisotopic (exact) mass is 604 g/mol. The van der Waals surface area contributed by atoms with E-state index in [0.29, 0.717) is 35.7 Å². The van der Waals surface area contributed by atoms with Crippen LogP contribution >= 0.6 is 0 Å². The number of aliphatic carboxylic acids is 1. The summed E-state index contributed by atoms with van der Waals surface area (Å²) in [6, 6.07) is 40.5. The minimum absolute atomic E-state index is 0.276. The molecule has 5 aromatic rings. The van der Waals surface area contributed by atoms with Crippen molar-refractivity contribution in [3.05, 3.63) is 155 Å². The van der Waals surface area contributed by atoms with Gasteiger partial charge in [-0.05, 0) is 48.2 Å². The Balaban J connectivity index is 1.56. The number of methoxy groups -OCH3 is 2. The molecule has 0 bridgehead atoms. The molecule has 0 saturated carbocycles. The summed E-state index contributed by atoms with van der Waals surface area (Å²) in [5, 5.41) is 20.7. The van der Waals surface area contributed by atoms with Crippen LogP contribution in [-0.4, -0.2) is 37.0 Å². The van der Waals surface area contributed by atoms with Crippen molar-refractivity contribution >= 4 is 5.97 Å². The number of aryl methyl sites for hydroxylation is 1. The minimum atomic E-state index is -1.11. The van der Waals surface area contributed by atoms with Gasteiger partial charge in [0.15, 0.2) is 23.7 Å². The Labute approximate surface area is 263 Å². The maximum Gasteiger partial charge on any atom is 0.341 e. The molecule has 0 aliphatic carbocycles. The van der Waals surface area contributed by atoms with Crippen LogP contribution in [0.1, 0.15) is 40.3 Å². The highest BCUT2D eigenvalue weighted by atomic mass is 16.5. The lowest BCUT2D eigenvalue weighted by Crippen LogP contribution is -2.36. The van der Waals surface area contributed by atoms with Gasteiger partial charge in [-0.15, -0.1) is 0 Å². The molecule has 0 saturated heterocycles. The van der Waals surface area contributed by atoms with Gasteiger partial charge >= 0.3 is 5.97 Å². The van der Waals surface area contributed by atoms with E-state index in [1.165, 1.54) is 0 Å². The molecule has 0 aromatic heterocycles. The van der Waals surface area contributed by atoms with Gasteiger partial charge in [-0.2, -0.15) is 0 Å². The zero-order valence-electron chi connectivity index (χ0n) is 25.3. The van der Waals surface area contributed by atoms with E-state index in [1.54, 1.807) is 32.4 Å². The number of aliphatic hydroxyl groups is 1. The highest BCUT2D eigenvalue weighted by Gasteiger charge is 2.39. The van der Waals surface area contributed by atoms with E-state index < -0.39 is 24.3 Å². The Kier molecular flexibility index (Phi) is 10.0. The molecule has 0 spiro atoms. The predicted molar refractivity (Wildman–Crippen MR) is 172 cm³/mol. The molecular formula is C38H36O7. The van der Waals surface area contributed by atoms with Crippen LogP contribution in [0.5, 0.6) is 23.0 Å². The van der Waals surface area contributed by atoms with Gasteiger partial charge in [0.05, 0.1) is 20.3 Å². The van der Waals surface area contributed by atoms with Crippen molar-refractivity contribution in [2.24, 2.45) is 0 Å². The van der Waals surface area contributed by atoms with Crippen LogP contribution in [0.25, 0.3) is 0 Å². The first-order chi connectivity index (χ1) is 21.9. The molecule has 0 aliphatic rings. The summed E-state index contributed by atoms with van der Waals surface area (Å²) in [5.74, 6) is 0.825. The molecule has 1 atom stereocenters. The van der Waals surface area contributed by atoms with Crippen LogP contribution < -0.4 is 18.9 Å². The third-order valence-electron chi connectivity index (χ3n) is 7.62. The molecule has 5 rings (SSSR count). The lowest BCUT2D eigenvalue weighted by molar-refractivity contribution is -0.139. The Bertz CT molecular complexity index is 1590. The lowest BCUT2D eigenvalue weighted by atomic mass is 9.80. The molecule has 5 aromatic carbocycles. The second kappa shape index (κ2) is 14.5. The van der Waals surface area contributed by atoms with Crippen LogP contribution in [-0.2, 0) is 16.8 Å². The standard InChI is InChI=1S/C38H36O7/c1-42-35-21-19-27(22-36(35)43-2)18-20-34(39)28-23-32(44-26-37(40)41)25-33(24-28)45-38(29-12-6-3-7-13-29,30-14-8-4-9-15-30)31-16-10-5-11-17-31/h3-17,19,21-25,34,39H,18,20,26H2,1-2H3,(H,40,41).